The number of aryl methyl sites for hydroxylation is 1. The number of carbonyl (C=O) groups is 3. The summed E-state index contributed by atoms with van der Waals surface area (Å²) in [5.74, 6) is -0.107. The first-order valence-corrected chi connectivity index (χ1v) is 8.19. The number of nitrogens with one attached hydrogen (secondary N) is 3. The van der Waals surface area contributed by atoms with Crippen LogP contribution in [0.5, 0.6) is 0 Å². The van der Waals surface area contributed by atoms with Gasteiger partial charge in [0.1, 0.15) is 11.5 Å². The monoisotopic (exact) mass is 375 g/mol. The van der Waals surface area contributed by atoms with Crippen LogP contribution in [0.1, 0.15) is 24.4 Å². The molecule has 0 saturated heterocycles. The van der Waals surface area contributed by atoms with E-state index < -0.39 is 11.8 Å². The highest BCUT2D eigenvalue weighted by Crippen LogP contribution is 2.20. The largest absolute Gasteiger partial charge is 0.462 e. The molecule has 0 fully saturated rings. The van der Waals surface area contributed by atoms with Gasteiger partial charge in [0.15, 0.2) is 0 Å². The molecule has 0 aliphatic rings. The van der Waals surface area contributed by atoms with Crippen molar-refractivity contribution in [1.29, 1.82) is 0 Å². The zero-order chi connectivity index (χ0) is 18.9. The Labute approximate surface area is 155 Å². The molecule has 3 amide bonds. The number of carbonyl (C=O) groups excluding carboxylic acids is 3. The first kappa shape index (κ1) is 19.3. The van der Waals surface area contributed by atoms with Crippen LogP contribution in [-0.2, 0) is 14.4 Å². The molecule has 2 aromatic rings. The van der Waals surface area contributed by atoms with Gasteiger partial charge in [-0.1, -0.05) is 23.7 Å². The van der Waals surface area contributed by atoms with E-state index >= 15 is 0 Å². The fraction of sp³-hybridized carbons (Fsp3) is 0.167. The third-order valence-corrected chi connectivity index (χ3v) is 3.54. The Bertz CT molecular complexity index is 829. The Hall–Kier alpha value is -3.06. The number of halogens is 1. The molecule has 1 aromatic carbocycles. The number of para-hydroxylation sites is 1. The maximum atomic E-state index is 11.8. The fourth-order valence-corrected chi connectivity index (χ4v) is 2.12. The molecule has 2 rings (SSSR count). The molecule has 1 heterocycles. The summed E-state index contributed by atoms with van der Waals surface area (Å²) in [5, 5.41) is 3.02. The summed E-state index contributed by atoms with van der Waals surface area (Å²) in [6.45, 7) is 1.79. The van der Waals surface area contributed by atoms with Crippen LogP contribution in [0.4, 0.5) is 5.69 Å². The van der Waals surface area contributed by atoms with E-state index in [1.165, 1.54) is 12.2 Å². The van der Waals surface area contributed by atoms with E-state index in [0.29, 0.717) is 16.5 Å². The maximum Gasteiger partial charge on any atom is 0.262 e. The van der Waals surface area contributed by atoms with Crippen molar-refractivity contribution < 1.29 is 18.8 Å². The smallest absolute Gasteiger partial charge is 0.262 e. The Kier molecular flexibility index (Phi) is 6.99. The van der Waals surface area contributed by atoms with E-state index in [1.807, 2.05) is 0 Å². The second-order valence-corrected chi connectivity index (χ2v) is 5.75. The van der Waals surface area contributed by atoms with E-state index in [2.05, 4.69) is 16.2 Å². The van der Waals surface area contributed by atoms with Crippen molar-refractivity contribution in [2.75, 3.05) is 5.32 Å². The van der Waals surface area contributed by atoms with E-state index in [0.717, 1.165) is 5.76 Å². The van der Waals surface area contributed by atoms with Gasteiger partial charge >= 0.3 is 0 Å². The predicted octanol–water partition coefficient (Wildman–Crippen LogP) is 2.82. The summed E-state index contributed by atoms with van der Waals surface area (Å²) in [7, 11) is 0. The Balaban J connectivity index is 1.68. The number of hydrogen-bond donors (Lipinski definition) is 3. The number of amides is 3. The maximum absolute atomic E-state index is 11.8. The summed E-state index contributed by atoms with van der Waals surface area (Å²) in [4.78, 5) is 35.1. The lowest BCUT2D eigenvalue weighted by molar-refractivity contribution is -0.128. The van der Waals surface area contributed by atoms with Crippen LogP contribution in [0.25, 0.3) is 6.08 Å². The average molecular weight is 376 g/mol. The molecule has 0 unspecified atom stereocenters. The molecule has 0 aliphatic heterocycles. The number of benzene rings is 1. The summed E-state index contributed by atoms with van der Waals surface area (Å²) in [5.41, 5.74) is 4.93. The topological polar surface area (TPSA) is 100 Å². The van der Waals surface area contributed by atoms with Crippen LogP contribution in [0, 0.1) is 6.92 Å². The number of hydrazine groups is 1. The number of furan rings is 1. The molecule has 3 N–H and O–H groups in total. The van der Waals surface area contributed by atoms with Gasteiger partial charge in [-0.15, -0.1) is 0 Å². The Morgan fingerprint density at radius 2 is 1.77 bits per heavy atom. The minimum absolute atomic E-state index is 0.0472. The molecule has 0 aliphatic carbocycles. The summed E-state index contributed by atoms with van der Waals surface area (Å²) >= 11 is 5.94. The first-order chi connectivity index (χ1) is 12.4. The molecular weight excluding hydrogens is 358 g/mol. The Morgan fingerprint density at radius 3 is 2.46 bits per heavy atom. The van der Waals surface area contributed by atoms with Crippen LogP contribution < -0.4 is 16.2 Å². The van der Waals surface area contributed by atoms with Gasteiger partial charge in [0, 0.05) is 18.9 Å². The normalized spacial score (nSPS) is 10.5. The van der Waals surface area contributed by atoms with Crippen molar-refractivity contribution in [3.8, 4) is 0 Å². The number of anilines is 1. The number of hydrogen-bond acceptors (Lipinski definition) is 4. The van der Waals surface area contributed by atoms with Crippen LogP contribution in [0.3, 0.4) is 0 Å². The van der Waals surface area contributed by atoms with Crippen molar-refractivity contribution in [3.05, 3.63) is 59.0 Å². The lowest BCUT2D eigenvalue weighted by atomic mass is 10.2. The van der Waals surface area contributed by atoms with E-state index in [4.69, 9.17) is 16.0 Å². The molecule has 0 radical (unpaired) electrons. The van der Waals surface area contributed by atoms with Gasteiger partial charge in [-0.25, -0.2) is 0 Å². The SMILES string of the molecule is Cc1ccc(C=CC(=O)NNC(=O)CCC(=O)Nc2ccccc2Cl)o1. The third-order valence-electron chi connectivity index (χ3n) is 3.21. The molecule has 8 heteroatoms. The van der Waals surface area contributed by atoms with E-state index in [9.17, 15) is 14.4 Å². The second-order valence-electron chi connectivity index (χ2n) is 5.35. The zero-order valence-electron chi connectivity index (χ0n) is 14.0. The fourth-order valence-electron chi connectivity index (χ4n) is 1.94. The molecule has 136 valence electrons. The summed E-state index contributed by atoms with van der Waals surface area (Å²) in [6.07, 6.45) is 2.57. The Morgan fingerprint density at radius 1 is 1.04 bits per heavy atom. The molecule has 1 aromatic heterocycles. The second kappa shape index (κ2) is 9.43. The molecule has 7 nitrogen and oxygen atoms in total. The van der Waals surface area contributed by atoms with E-state index in [-0.39, 0.29) is 18.7 Å². The van der Waals surface area contributed by atoms with Crippen molar-refractivity contribution >= 4 is 41.1 Å². The van der Waals surface area contributed by atoms with Gasteiger partial charge in [-0.3, -0.25) is 25.2 Å². The third kappa shape index (κ3) is 6.45. The van der Waals surface area contributed by atoms with Crippen molar-refractivity contribution in [2.24, 2.45) is 0 Å². The van der Waals surface area contributed by atoms with Crippen LogP contribution in [0.15, 0.2) is 46.9 Å². The molecule has 0 bridgehead atoms. The highest BCUT2D eigenvalue weighted by atomic mass is 35.5. The predicted molar refractivity (Wildman–Crippen MR) is 98.1 cm³/mol. The molecule has 0 spiro atoms. The minimum Gasteiger partial charge on any atom is -0.462 e. The first-order valence-electron chi connectivity index (χ1n) is 7.82. The van der Waals surface area contributed by atoms with Crippen LogP contribution in [-0.4, -0.2) is 17.7 Å². The molecule has 0 saturated carbocycles. The van der Waals surface area contributed by atoms with Crippen LogP contribution in [0.2, 0.25) is 5.02 Å². The van der Waals surface area contributed by atoms with Crippen molar-refractivity contribution in [3.63, 3.8) is 0 Å². The van der Waals surface area contributed by atoms with Gasteiger partial charge in [0.05, 0.1) is 10.7 Å². The summed E-state index contributed by atoms with van der Waals surface area (Å²) < 4.78 is 5.27. The number of rotatable bonds is 6. The highest BCUT2D eigenvalue weighted by molar-refractivity contribution is 6.33. The lowest BCUT2D eigenvalue weighted by Gasteiger charge is -2.07. The lowest BCUT2D eigenvalue weighted by Crippen LogP contribution is -2.41. The molecule has 26 heavy (non-hydrogen) atoms. The van der Waals surface area contributed by atoms with Gasteiger partial charge < -0.3 is 9.73 Å². The van der Waals surface area contributed by atoms with Crippen LogP contribution >= 0.6 is 11.6 Å². The zero-order valence-corrected chi connectivity index (χ0v) is 14.8. The van der Waals surface area contributed by atoms with Crippen molar-refractivity contribution in [1.82, 2.24) is 10.9 Å². The minimum atomic E-state index is -0.520. The average Bonchev–Trinajstić information content (AvgIpc) is 3.03. The summed E-state index contributed by atoms with van der Waals surface area (Å²) in [6, 6.07) is 10.3. The van der Waals surface area contributed by atoms with Gasteiger partial charge in [0.2, 0.25) is 11.8 Å². The van der Waals surface area contributed by atoms with Gasteiger partial charge in [0.25, 0.3) is 5.91 Å². The molecule has 0 atom stereocenters. The standard InChI is InChI=1S/C18H18ClN3O4/c1-12-6-7-13(26-12)8-9-17(24)21-22-18(25)11-10-16(23)20-15-5-3-2-4-14(15)19/h2-9H,10-11H2,1H3,(H,20,23)(H,21,24)(H,22,25). The van der Waals surface area contributed by atoms with E-state index in [1.54, 1.807) is 43.3 Å². The quantitative estimate of drug-likeness (QED) is 0.533. The molecular formula is C18H18ClN3O4. The van der Waals surface area contributed by atoms with Gasteiger partial charge in [-0.05, 0) is 37.3 Å². The van der Waals surface area contributed by atoms with Crippen molar-refractivity contribution in [2.45, 2.75) is 19.8 Å². The highest BCUT2D eigenvalue weighted by Gasteiger charge is 2.09. The van der Waals surface area contributed by atoms with Gasteiger partial charge in [-0.2, -0.15) is 0 Å².